The minimum Gasteiger partial charge on any atom is -0.325 e. The number of hydrogen-bond acceptors (Lipinski definition) is 2. The molecule has 0 aliphatic heterocycles. The Balaban J connectivity index is 2.85. The van der Waals surface area contributed by atoms with Crippen molar-refractivity contribution in [1.82, 2.24) is 0 Å². The van der Waals surface area contributed by atoms with Crippen molar-refractivity contribution in [3.05, 3.63) is 29.8 Å². The summed E-state index contributed by atoms with van der Waals surface area (Å²) in [7, 11) is 0. The largest absolute Gasteiger partial charge is 0.325 e. The summed E-state index contributed by atoms with van der Waals surface area (Å²) in [5.74, 6) is 0.0918. The van der Waals surface area contributed by atoms with Crippen LogP contribution in [0.2, 0.25) is 0 Å². The zero-order valence-electron chi connectivity index (χ0n) is 8.95. The summed E-state index contributed by atoms with van der Waals surface area (Å²) in [5, 5.41) is 11.1. The molecule has 1 rings (SSSR count). The third-order valence-electron chi connectivity index (χ3n) is 2.10. The van der Waals surface area contributed by atoms with Crippen molar-refractivity contribution in [3.63, 3.8) is 0 Å². The normalized spacial score (nSPS) is 9.73. The summed E-state index contributed by atoms with van der Waals surface area (Å²) in [5.41, 5.74) is 1.89. The average Bonchev–Trinajstić information content (AvgIpc) is 2.18. The number of nitrogens with zero attached hydrogens (tertiary/aromatic N) is 1. The van der Waals surface area contributed by atoms with Gasteiger partial charge in [-0.05, 0) is 17.5 Å². The first-order valence-corrected chi connectivity index (χ1v) is 4.91. The van der Waals surface area contributed by atoms with Crippen LogP contribution in [0.15, 0.2) is 24.3 Å². The lowest BCUT2D eigenvalue weighted by molar-refractivity contribution is -0.115. The van der Waals surface area contributed by atoms with E-state index < -0.39 is 0 Å². The van der Waals surface area contributed by atoms with Gasteiger partial charge in [0.25, 0.3) is 0 Å². The molecule has 0 saturated heterocycles. The zero-order valence-corrected chi connectivity index (χ0v) is 8.95. The highest BCUT2D eigenvalue weighted by Gasteiger charge is 2.08. The van der Waals surface area contributed by atoms with Gasteiger partial charge in [0.15, 0.2) is 0 Å². The van der Waals surface area contributed by atoms with Crippen molar-refractivity contribution in [2.45, 2.75) is 26.2 Å². The maximum absolute atomic E-state index is 11.3. The van der Waals surface area contributed by atoms with Gasteiger partial charge < -0.3 is 5.32 Å². The predicted octanol–water partition coefficient (Wildman–Crippen LogP) is 2.66. The molecule has 0 spiro atoms. The van der Waals surface area contributed by atoms with Gasteiger partial charge in [-0.3, -0.25) is 4.79 Å². The fraction of sp³-hybridized carbons (Fsp3) is 0.333. The quantitative estimate of drug-likeness (QED) is 0.819. The number of amides is 1. The van der Waals surface area contributed by atoms with Crippen LogP contribution in [0.1, 0.15) is 31.7 Å². The first-order valence-electron chi connectivity index (χ1n) is 4.91. The first-order chi connectivity index (χ1) is 7.15. The summed E-state index contributed by atoms with van der Waals surface area (Å²) in [6, 6.07) is 9.46. The van der Waals surface area contributed by atoms with Crippen LogP contribution in [-0.4, -0.2) is 5.91 Å². The van der Waals surface area contributed by atoms with Gasteiger partial charge in [-0.25, -0.2) is 0 Å². The smallest absolute Gasteiger partial charge is 0.238 e. The van der Waals surface area contributed by atoms with E-state index in [9.17, 15) is 4.79 Å². The molecule has 0 saturated carbocycles. The average molecular weight is 202 g/mol. The topological polar surface area (TPSA) is 52.9 Å². The van der Waals surface area contributed by atoms with Gasteiger partial charge in [0.2, 0.25) is 5.91 Å². The van der Waals surface area contributed by atoms with Gasteiger partial charge in [-0.15, -0.1) is 0 Å². The number of anilines is 1. The molecular weight excluding hydrogens is 188 g/mol. The lowest BCUT2D eigenvalue weighted by Gasteiger charge is -2.12. The maximum Gasteiger partial charge on any atom is 0.238 e. The van der Waals surface area contributed by atoms with Gasteiger partial charge in [0.05, 0.1) is 6.07 Å². The molecule has 15 heavy (non-hydrogen) atoms. The molecule has 1 aromatic rings. The standard InChI is InChI=1S/C12H14N2O/c1-9(2)10-5-3-4-6-11(10)14-12(15)7-8-13/h3-6,9H,7H2,1-2H3,(H,14,15). The van der Waals surface area contributed by atoms with E-state index in [0.717, 1.165) is 11.3 Å². The summed E-state index contributed by atoms with van der Waals surface area (Å²) in [6.07, 6.45) is -0.105. The Labute approximate surface area is 89.7 Å². The van der Waals surface area contributed by atoms with Gasteiger partial charge in [0, 0.05) is 5.69 Å². The molecule has 0 bridgehead atoms. The predicted molar refractivity (Wildman–Crippen MR) is 59.4 cm³/mol. The minimum atomic E-state index is -0.259. The molecule has 0 radical (unpaired) electrons. The number of rotatable bonds is 3. The lowest BCUT2D eigenvalue weighted by Crippen LogP contribution is -2.12. The van der Waals surface area contributed by atoms with E-state index >= 15 is 0 Å². The summed E-state index contributed by atoms with van der Waals surface area (Å²) < 4.78 is 0. The van der Waals surface area contributed by atoms with Crippen molar-refractivity contribution in [2.24, 2.45) is 0 Å². The lowest BCUT2D eigenvalue weighted by atomic mass is 10.0. The molecule has 0 aliphatic rings. The van der Waals surface area contributed by atoms with Gasteiger partial charge in [-0.1, -0.05) is 32.0 Å². The van der Waals surface area contributed by atoms with Crippen LogP contribution in [0, 0.1) is 11.3 Å². The van der Waals surface area contributed by atoms with E-state index in [-0.39, 0.29) is 12.3 Å². The molecule has 1 N–H and O–H groups in total. The summed E-state index contributed by atoms with van der Waals surface area (Å²) in [6.45, 7) is 4.13. The van der Waals surface area contributed by atoms with Gasteiger partial charge in [-0.2, -0.15) is 5.26 Å². The third-order valence-corrected chi connectivity index (χ3v) is 2.10. The van der Waals surface area contributed by atoms with E-state index in [0.29, 0.717) is 5.92 Å². The second-order valence-corrected chi connectivity index (χ2v) is 3.63. The monoisotopic (exact) mass is 202 g/mol. The Kier molecular flexibility index (Phi) is 3.87. The minimum absolute atomic E-state index is 0.105. The zero-order chi connectivity index (χ0) is 11.3. The van der Waals surface area contributed by atoms with Crippen molar-refractivity contribution >= 4 is 11.6 Å². The Bertz CT molecular complexity index is 391. The molecule has 0 atom stereocenters. The molecule has 0 heterocycles. The van der Waals surface area contributed by atoms with E-state index in [2.05, 4.69) is 19.2 Å². The highest BCUT2D eigenvalue weighted by atomic mass is 16.1. The number of hydrogen-bond donors (Lipinski definition) is 1. The fourth-order valence-electron chi connectivity index (χ4n) is 1.38. The van der Waals surface area contributed by atoms with Gasteiger partial charge >= 0.3 is 0 Å². The maximum atomic E-state index is 11.3. The Hall–Kier alpha value is -1.82. The molecule has 3 heteroatoms. The van der Waals surface area contributed by atoms with E-state index in [1.165, 1.54) is 0 Å². The fourth-order valence-corrected chi connectivity index (χ4v) is 1.38. The third kappa shape index (κ3) is 3.10. The van der Waals surface area contributed by atoms with Crippen molar-refractivity contribution < 1.29 is 4.79 Å². The van der Waals surface area contributed by atoms with Crippen LogP contribution >= 0.6 is 0 Å². The van der Waals surface area contributed by atoms with E-state index in [1.807, 2.05) is 30.3 Å². The molecule has 1 aromatic carbocycles. The Morgan fingerprint density at radius 1 is 1.47 bits per heavy atom. The summed E-state index contributed by atoms with van der Waals surface area (Å²) >= 11 is 0. The molecular formula is C12H14N2O. The van der Waals surface area contributed by atoms with Crippen LogP contribution in [0.4, 0.5) is 5.69 Å². The van der Waals surface area contributed by atoms with Crippen LogP contribution in [-0.2, 0) is 4.79 Å². The molecule has 0 aliphatic carbocycles. The van der Waals surface area contributed by atoms with Crippen LogP contribution in [0.5, 0.6) is 0 Å². The van der Waals surface area contributed by atoms with Crippen LogP contribution in [0.3, 0.4) is 0 Å². The second kappa shape index (κ2) is 5.16. The highest BCUT2D eigenvalue weighted by Crippen LogP contribution is 2.23. The molecule has 78 valence electrons. The van der Waals surface area contributed by atoms with Crippen molar-refractivity contribution in [1.29, 1.82) is 5.26 Å². The van der Waals surface area contributed by atoms with Crippen molar-refractivity contribution in [2.75, 3.05) is 5.32 Å². The number of carbonyl (C=O) groups excluding carboxylic acids is 1. The summed E-state index contributed by atoms with van der Waals surface area (Å²) in [4.78, 5) is 11.3. The van der Waals surface area contributed by atoms with Crippen molar-refractivity contribution in [3.8, 4) is 6.07 Å². The van der Waals surface area contributed by atoms with Crippen LogP contribution in [0.25, 0.3) is 0 Å². The number of para-hydroxylation sites is 1. The second-order valence-electron chi connectivity index (χ2n) is 3.63. The molecule has 0 fully saturated rings. The molecule has 0 unspecified atom stereocenters. The van der Waals surface area contributed by atoms with Crippen LogP contribution < -0.4 is 5.32 Å². The SMILES string of the molecule is CC(C)c1ccccc1NC(=O)CC#N. The number of nitriles is 1. The molecule has 1 amide bonds. The Morgan fingerprint density at radius 2 is 2.13 bits per heavy atom. The first kappa shape index (κ1) is 11.3. The van der Waals surface area contributed by atoms with E-state index in [1.54, 1.807) is 0 Å². The Morgan fingerprint density at radius 3 is 2.73 bits per heavy atom. The van der Waals surface area contributed by atoms with Gasteiger partial charge in [0.1, 0.15) is 6.42 Å². The number of carbonyl (C=O) groups is 1. The van der Waals surface area contributed by atoms with E-state index in [4.69, 9.17) is 5.26 Å². The molecule has 3 nitrogen and oxygen atoms in total. The highest BCUT2D eigenvalue weighted by molar-refractivity contribution is 5.92. The number of nitrogens with one attached hydrogen (secondary N) is 1. The number of benzene rings is 1. The molecule has 0 aromatic heterocycles.